The van der Waals surface area contributed by atoms with Crippen molar-refractivity contribution >= 4 is 0 Å². The summed E-state index contributed by atoms with van der Waals surface area (Å²) in [5, 5.41) is 0. The van der Waals surface area contributed by atoms with E-state index in [0.29, 0.717) is 17.9 Å². The van der Waals surface area contributed by atoms with Crippen molar-refractivity contribution in [1.82, 2.24) is 0 Å². The maximum atomic E-state index is 13.8. The Hall–Kier alpha value is -1.94. The maximum Gasteiger partial charge on any atom is 0.131 e. The largest absolute Gasteiger partial charge is 0.494 e. The van der Waals surface area contributed by atoms with Crippen LogP contribution in [0.4, 0.5) is 8.78 Å². The lowest BCUT2D eigenvalue weighted by Crippen LogP contribution is -2.15. The molecule has 106 valence electrons. The Morgan fingerprint density at radius 2 is 1.85 bits per heavy atom. The van der Waals surface area contributed by atoms with Gasteiger partial charge in [0.2, 0.25) is 0 Å². The average Bonchev–Trinajstić information content (AvgIpc) is 2.40. The van der Waals surface area contributed by atoms with Gasteiger partial charge in [0, 0.05) is 17.2 Å². The van der Waals surface area contributed by atoms with Gasteiger partial charge in [0.1, 0.15) is 17.4 Å². The molecular weight excluding hydrogens is 260 g/mol. The van der Waals surface area contributed by atoms with Crippen LogP contribution in [0.1, 0.15) is 29.7 Å². The third-order valence-electron chi connectivity index (χ3n) is 3.10. The number of aryl methyl sites for hydroxylation is 1. The Bertz CT molecular complexity index is 613. The zero-order valence-electron chi connectivity index (χ0n) is 11.5. The molecule has 0 aliphatic heterocycles. The van der Waals surface area contributed by atoms with Crippen LogP contribution in [0.5, 0.6) is 5.75 Å². The molecule has 20 heavy (non-hydrogen) atoms. The first kappa shape index (κ1) is 14.5. The fourth-order valence-corrected chi connectivity index (χ4v) is 2.12. The Morgan fingerprint density at radius 3 is 2.50 bits per heavy atom. The van der Waals surface area contributed by atoms with Gasteiger partial charge in [0.25, 0.3) is 0 Å². The summed E-state index contributed by atoms with van der Waals surface area (Å²) in [6.07, 6.45) is 0. The fourth-order valence-electron chi connectivity index (χ4n) is 2.12. The maximum absolute atomic E-state index is 13.8. The highest BCUT2D eigenvalue weighted by Crippen LogP contribution is 2.30. The smallest absolute Gasteiger partial charge is 0.131 e. The molecule has 0 aliphatic rings. The van der Waals surface area contributed by atoms with Crippen molar-refractivity contribution in [2.45, 2.75) is 19.9 Å². The second kappa shape index (κ2) is 6.01. The van der Waals surface area contributed by atoms with Gasteiger partial charge in [0.15, 0.2) is 0 Å². The molecule has 2 nitrogen and oxygen atoms in total. The van der Waals surface area contributed by atoms with Crippen LogP contribution in [-0.4, -0.2) is 6.61 Å². The SMILES string of the molecule is CCOc1ccc(C)cc1C(N)c1ccc(F)cc1F. The zero-order valence-corrected chi connectivity index (χ0v) is 11.5. The first-order chi connectivity index (χ1) is 9.52. The number of ether oxygens (including phenoxy) is 1. The molecule has 0 spiro atoms. The molecule has 4 heteroatoms. The molecular formula is C16H17F2NO. The first-order valence-corrected chi connectivity index (χ1v) is 6.46. The van der Waals surface area contributed by atoms with Gasteiger partial charge in [-0.15, -0.1) is 0 Å². The van der Waals surface area contributed by atoms with Crippen LogP contribution < -0.4 is 10.5 Å². The van der Waals surface area contributed by atoms with Gasteiger partial charge in [-0.05, 0) is 26.0 Å². The van der Waals surface area contributed by atoms with E-state index in [4.69, 9.17) is 10.5 Å². The first-order valence-electron chi connectivity index (χ1n) is 6.46. The Morgan fingerprint density at radius 1 is 1.10 bits per heavy atom. The second-order valence-electron chi connectivity index (χ2n) is 4.62. The summed E-state index contributed by atoms with van der Waals surface area (Å²) in [6, 6.07) is 8.29. The minimum Gasteiger partial charge on any atom is -0.494 e. The number of rotatable bonds is 4. The molecule has 2 rings (SSSR count). The van der Waals surface area contributed by atoms with Gasteiger partial charge in [-0.1, -0.05) is 23.8 Å². The van der Waals surface area contributed by atoms with Crippen LogP contribution >= 0.6 is 0 Å². The van der Waals surface area contributed by atoms with Crippen LogP contribution in [0.2, 0.25) is 0 Å². The number of hydrogen-bond donors (Lipinski definition) is 1. The van der Waals surface area contributed by atoms with Crippen LogP contribution in [0.25, 0.3) is 0 Å². The molecule has 2 aromatic carbocycles. The summed E-state index contributed by atoms with van der Waals surface area (Å²) >= 11 is 0. The van der Waals surface area contributed by atoms with Crippen molar-refractivity contribution in [3.63, 3.8) is 0 Å². The van der Waals surface area contributed by atoms with E-state index >= 15 is 0 Å². The van der Waals surface area contributed by atoms with Crippen LogP contribution in [-0.2, 0) is 0 Å². The Labute approximate surface area is 117 Å². The molecule has 2 N–H and O–H groups in total. The predicted molar refractivity (Wildman–Crippen MR) is 74.7 cm³/mol. The second-order valence-corrected chi connectivity index (χ2v) is 4.62. The highest BCUT2D eigenvalue weighted by molar-refractivity contribution is 5.43. The molecule has 2 aromatic rings. The molecule has 0 aromatic heterocycles. The van der Waals surface area contributed by atoms with Gasteiger partial charge in [-0.25, -0.2) is 8.78 Å². The molecule has 0 amide bonds. The Balaban J connectivity index is 2.46. The molecule has 0 saturated heterocycles. The van der Waals surface area contributed by atoms with E-state index in [1.54, 1.807) is 0 Å². The van der Waals surface area contributed by atoms with E-state index in [1.165, 1.54) is 12.1 Å². The van der Waals surface area contributed by atoms with Crippen molar-refractivity contribution in [3.8, 4) is 5.75 Å². The summed E-state index contributed by atoms with van der Waals surface area (Å²) in [5.41, 5.74) is 8.07. The lowest BCUT2D eigenvalue weighted by Gasteiger charge is -2.18. The molecule has 0 fully saturated rings. The van der Waals surface area contributed by atoms with Crippen molar-refractivity contribution in [3.05, 3.63) is 64.7 Å². The standard InChI is InChI=1S/C16H17F2NO/c1-3-20-15-7-4-10(2)8-13(15)16(19)12-6-5-11(17)9-14(12)18/h4-9,16H,3,19H2,1-2H3. The van der Waals surface area contributed by atoms with Gasteiger partial charge in [-0.2, -0.15) is 0 Å². The summed E-state index contributed by atoms with van der Waals surface area (Å²) in [4.78, 5) is 0. The number of halogens is 2. The third-order valence-corrected chi connectivity index (χ3v) is 3.10. The van der Waals surface area contributed by atoms with E-state index in [9.17, 15) is 8.78 Å². The molecule has 0 bridgehead atoms. The quantitative estimate of drug-likeness (QED) is 0.924. The molecule has 0 saturated carbocycles. The van der Waals surface area contributed by atoms with Crippen molar-refractivity contribution in [1.29, 1.82) is 0 Å². The number of hydrogen-bond acceptors (Lipinski definition) is 2. The van der Waals surface area contributed by atoms with E-state index in [-0.39, 0.29) is 5.56 Å². The molecule has 0 aliphatic carbocycles. The highest BCUT2D eigenvalue weighted by atomic mass is 19.1. The molecule has 1 atom stereocenters. The van der Waals surface area contributed by atoms with E-state index < -0.39 is 17.7 Å². The van der Waals surface area contributed by atoms with Crippen LogP contribution in [0.3, 0.4) is 0 Å². The summed E-state index contributed by atoms with van der Waals surface area (Å²) in [7, 11) is 0. The van der Waals surface area contributed by atoms with Gasteiger partial charge < -0.3 is 10.5 Å². The lowest BCUT2D eigenvalue weighted by molar-refractivity contribution is 0.335. The predicted octanol–water partition coefficient (Wildman–Crippen LogP) is 3.72. The van der Waals surface area contributed by atoms with Crippen LogP contribution in [0, 0.1) is 18.6 Å². The minimum atomic E-state index is -0.697. The van der Waals surface area contributed by atoms with E-state index in [2.05, 4.69) is 0 Å². The molecule has 1 unspecified atom stereocenters. The minimum absolute atomic E-state index is 0.248. The van der Waals surface area contributed by atoms with Crippen molar-refractivity contribution in [2.75, 3.05) is 6.61 Å². The topological polar surface area (TPSA) is 35.2 Å². The summed E-state index contributed by atoms with van der Waals surface area (Å²) < 4.78 is 32.3. The Kier molecular flexibility index (Phi) is 4.35. The fraction of sp³-hybridized carbons (Fsp3) is 0.250. The lowest BCUT2D eigenvalue weighted by atomic mass is 9.96. The molecule has 0 heterocycles. The zero-order chi connectivity index (χ0) is 14.7. The van der Waals surface area contributed by atoms with Crippen LogP contribution in [0.15, 0.2) is 36.4 Å². The highest BCUT2D eigenvalue weighted by Gasteiger charge is 2.18. The van der Waals surface area contributed by atoms with E-state index in [1.807, 2.05) is 32.0 Å². The van der Waals surface area contributed by atoms with Crippen molar-refractivity contribution in [2.24, 2.45) is 5.73 Å². The van der Waals surface area contributed by atoms with Gasteiger partial charge >= 0.3 is 0 Å². The van der Waals surface area contributed by atoms with Crippen molar-refractivity contribution < 1.29 is 13.5 Å². The average molecular weight is 277 g/mol. The third kappa shape index (κ3) is 2.96. The number of nitrogens with two attached hydrogens (primary N) is 1. The monoisotopic (exact) mass is 277 g/mol. The summed E-state index contributed by atoms with van der Waals surface area (Å²) in [6.45, 7) is 4.29. The molecule has 0 radical (unpaired) electrons. The normalized spacial score (nSPS) is 12.2. The summed E-state index contributed by atoms with van der Waals surface area (Å²) in [5.74, 6) is -0.650. The van der Waals surface area contributed by atoms with E-state index in [0.717, 1.165) is 11.6 Å². The number of benzene rings is 2. The van der Waals surface area contributed by atoms with Gasteiger partial charge in [0.05, 0.1) is 12.6 Å². The van der Waals surface area contributed by atoms with Gasteiger partial charge in [-0.3, -0.25) is 0 Å².